The first-order chi connectivity index (χ1) is 16.3. The van der Waals surface area contributed by atoms with Crippen molar-refractivity contribution in [2.75, 3.05) is 13.1 Å². The Kier molecular flexibility index (Phi) is 7.91. The molecule has 3 heterocycles. The van der Waals surface area contributed by atoms with Gasteiger partial charge in [0.15, 0.2) is 0 Å². The Balaban J connectivity index is 1.47. The van der Waals surface area contributed by atoms with Crippen LogP contribution in [0.1, 0.15) is 65.2 Å². The summed E-state index contributed by atoms with van der Waals surface area (Å²) in [4.78, 5) is 53.8. The second kappa shape index (κ2) is 10.9. The molecule has 1 saturated carbocycles. The fourth-order valence-corrected chi connectivity index (χ4v) is 6.20. The fraction of sp³-hybridized carbons (Fsp3) is 0.680. The van der Waals surface area contributed by atoms with Gasteiger partial charge in [0, 0.05) is 31.6 Å². The van der Waals surface area contributed by atoms with Crippen molar-refractivity contribution in [1.29, 1.82) is 0 Å². The van der Waals surface area contributed by atoms with E-state index in [-0.39, 0.29) is 41.8 Å². The average Bonchev–Trinajstić information content (AvgIpc) is 3.14. The number of likely N-dealkylation sites (tertiary alicyclic amines) is 1. The number of nitrogens with one attached hydrogen (secondary N) is 1. The van der Waals surface area contributed by atoms with Crippen molar-refractivity contribution in [2.24, 2.45) is 11.8 Å². The van der Waals surface area contributed by atoms with Gasteiger partial charge in [-0.2, -0.15) is 0 Å². The number of fused-ring (bicyclic) bond motifs is 1. The van der Waals surface area contributed by atoms with Crippen molar-refractivity contribution in [3.63, 3.8) is 0 Å². The largest absolute Gasteiger partial charge is 0.352 e. The number of hydrogen-bond acceptors (Lipinski definition) is 5. The third kappa shape index (κ3) is 5.45. The molecule has 0 radical (unpaired) electrons. The van der Waals surface area contributed by atoms with Gasteiger partial charge in [0.05, 0.1) is 5.52 Å². The smallest absolute Gasteiger partial charge is 0.332 e. The molecule has 4 rings (SSSR count). The molecule has 34 heavy (non-hydrogen) atoms. The topological polar surface area (TPSA) is 93.4 Å². The Labute approximate surface area is 203 Å². The van der Waals surface area contributed by atoms with Crippen molar-refractivity contribution in [2.45, 2.75) is 84.3 Å². The lowest BCUT2D eigenvalue weighted by Gasteiger charge is -2.32. The van der Waals surface area contributed by atoms with Crippen molar-refractivity contribution >= 4 is 33.4 Å². The molecule has 186 valence electrons. The highest BCUT2D eigenvalue weighted by Gasteiger charge is 2.30. The molecular formula is C25H36N4O4S. The van der Waals surface area contributed by atoms with Crippen LogP contribution in [-0.2, 0) is 22.7 Å². The van der Waals surface area contributed by atoms with E-state index in [1.165, 1.54) is 33.3 Å². The van der Waals surface area contributed by atoms with Crippen LogP contribution >= 0.6 is 11.3 Å². The second-order valence-corrected chi connectivity index (χ2v) is 11.0. The Bertz CT molecular complexity index is 1130. The quantitative estimate of drug-likeness (QED) is 0.677. The zero-order valence-electron chi connectivity index (χ0n) is 20.3. The van der Waals surface area contributed by atoms with Gasteiger partial charge in [-0.15, -0.1) is 11.3 Å². The average molecular weight is 489 g/mol. The number of amides is 2. The summed E-state index contributed by atoms with van der Waals surface area (Å²) in [5.41, 5.74) is -0.197. The van der Waals surface area contributed by atoms with Crippen LogP contribution in [0.2, 0.25) is 0 Å². The van der Waals surface area contributed by atoms with Gasteiger partial charge in [0.1, 0.15) is 11.2 Å². The summed E-state index contributed by atoms with van der Waals surface area (Å²) in [6, 6.07) is 1.70. The first kappa shape index (κ1) is 24.7. The maximum atomic E-state index is 13.3. The van der Waals surface area contributed by atoms with Gasteiger partial charge in [0.2, 0.25) is 11.8 Å². The van der Waals surface area contributed by atoms with Crippen LogP contribution in [0.25, 0.3) is 10.2 Å². The van der Waals surface area contributed by atoms with E-state index < -0.39 is 5.69 Å². The summed E-state index contributed by atoms with van der Waals surface area (Å²) in [5, 5.41) is 4.60. The van der Waals surface area contributed by atoms with E-state index in [4.69, 9.17) is 0 Å². The zero-order valence-corrected chi connectivity index (χ0v) is 21.1. The van der Waals surface area contributed by atoms with Crippen LogP contribution in [0.5, 0.6) is 0 Å². The van der Waals surface area contributed by atoms with Crippen molar-refractivity contribution in [1.82, 2.24) is 19.4 Å². The maximum Gasteiger partial charge on any atom is 0.332 e. The zero-order chi connectivity index (χ0) is 24.2. The van der Waals surface area contributed by atoms with Crippen LogP contribution < -0.4 is 16.6 Å². The number of carbonyl (C=O) groups is 2. The number of rotatable bonds is 6. The molecule has 0 bridgehead atoms. The molecule has 8 nitrogen and oxygen atoms in total. The Morgan fingerprint density at radius 2 is 1.71 bits per heavy atom. The van der Waals surface area contributed by atoms with Crippen LogP contribution in [0.3, 0.4) is 0 Å². The van der Waals surface area contributed by atoms with E-state index in [9.17, 15) is 19.2 Å². The lowest BCUT2D eigenvalue weighted by atomic mass is 9.81. The predicted molar refractivity (Wildman–Crippen MR) is 134 cm³/mol. The standard InChI is InChI=1S/C25H36N4O4S/c1-17(2)26-21(30)16-28-20-11-14-34-22(20)24(32)29(25(28)33)15-18-7-9-19(10-8-18)23(31)27-12-5-3-4-6-13-27/h11,14,17-19H,3-10,12-13,15-16H2,1-2H3,(H,26,30). The Morgan fingerprint density at radius 3 is 2.35 bits per heavy atom. The van der Waals surface area contributed by atoms with Crippen LogP contribution in [0.15, 0.2) is 21.0 Å². The Morgan fingerprint density at radius 1 is 1.03 bits per heavy atom. The van der Waals surface area contributed by atoms with E-state index in [0.29, 0.717) is 16.8 Å². The molecule has 2 aromatic rings. The summed E-state index contributed by atoms with van der Waals surface area (Å²) in [6.45, 7) is 5.72. The minimum atomic E-state index is -0.433. The third-order valence-corrected chi connectivity index (χ3v) is 8.03. The summed E-state index contributed by atoms with van der Waals surface area (Å²) in [7, 11) is 0. The molecular weight excluding hydrogens is 452 g/mol. The molecule has 2 aromatic heterocycles. The third-order valence-electron chi connectivity index (χ3n) is 7.14. The van der Waals surface area contributed by atoms with Gasteiger partial charge < -0.3 is 10.2 Å². The molecule has 0 aromatic carbocycles. The van der Waals surface area contributed by atoms with E-state index in [0.717, 1.165) is 51.6 Å². The second-order valence-electron chi connectivity index (χ2n) is 10.1. The van der Waals surface area contributed by atoms with Crippen molar-refractivity contribution < 1.29 is 9.59 Å². The lowest BCUT2D eigenvalue weighted by molar-refractivity contribution is -0.136. The molecule has 1 saturated heterocycles. The van der Waals surface area contributed by atoms with Crippen LogP contribution in [-0.4, -0.2) is 45.0 Å². The molecule has 1 aliphatic heterocycles. The van der Waals surface area contributed by atoms with E-state index in [1.807, 2.05) is 18.7 Å². The highest BCUT2D eigenvalue weighted by molar-refractivity contribution is 7.17. The molecule has 0 atom stereocenters. The number of aromatic nitrogens is 2. The van der Waals surface area contributed by atoms with E-state index in [1.54, 1.807) is 11.4 Å². The fourth-order valence-electron chi connectivity index (χ4n) is 5.36. The molecule has 1 aliphatic carbocycles. The van der Waals surface area contributed by atoms with Crippen molar-refractivity contribution in [3.8, 4) is 0 Å². The number of thiophene rings is 1. The maximum absolute atomic E-state index is 13.3. The van der Waals surface area contributed by atoms with Gasteiger partial charge in [-0.3, -0.25) is 23.5 Å². The van der Waals surface area contributed by atoms with E-state index >= 15 is 0 Å². The molecule has 1 N–H and O–H groups in total. The van der Waals surface area contributed by atoms with E-state index in [2.05, 4.69) is 5.32 Å². The molecule has 0 spiro atoms. The summed E-state index contributed by atoms with van der Waals surface area (Å²) < 4.78 is 3.23. The minimum Gasteiger partial charge on any atom is -0.352 e. The van der Waals surface area contributed by atoms with Gasteiger partial charge >= 0.3 is 5.69 Å². The number of nitrogens with zero attached hydrogens (tertiary/aromatic N) is 3. The molecule has 2 amide bonds. The molecule has 0 unspecified atom stereocenters. The van der Waals surface area contributed by atoms with Gasteiger partial charge in [-0.1, -0.05) is 12.8 Å². The summed E-state index contributed by atoms with van der Waals surface area (Å²) in [6.07, 6.45) is 7.86. The lowest BCUT2D eigenvalue weighted by Crippen LogP contribution is -2.44. The molecule has 2 aliphatic rings. The number of hydrogen-bond donors (Lipinski definition) is 1. The minimum absolute atomic E-state index is 0.0284. The highest BCUT2D eigenvalue weighted by Crippen LogP contribution is 2.31. The van der Waals surface area contributed by atoms with Crippen LogP contribution in [0.4, 0.5) is 0 Å². The van der Waals surface area contributed by atoms with Gasteiger partial charge in [-0.05, 0) is 69.7 Å². The van der Waals surface area contributed by atoms with Crippen molar-refractivity contribution in [3.05, 3.63) is 32.3 Å². The van der Waals surface area contributed by atoms with Gasteiger partial charge in [0.25, 0.3) is 5.56 Å². The SMILES string of the molecule is CC(C)NC(=O)Cn1c(=O)n(CC2CCC(C(=O)N3CCCCCC3)CC2)c(=O)c2sccc21. The normalized spacial score (nSPS) is 21.6. The molecule has 9 heteroatoms. The molecule has 2 fully saturated rings. The summed E-state index contributed by atoms with van der Waals surface area (Å²) in [5.74, 6) is 0.273. The van der Waals surface area contributed by atoms with Gasteiger partial charge in [-0.25, -0.2) is 4.79 Å². The Hall–Kier alpha value is -2.42. The van der Waals surface area contributed by atoms with Crippen LogP contribution in [0, 0.1) is 11.8 Å². The monoisotopic (exact) mass is 488 g/mol. The first-order valence-electron chi connectivity index (χ1n) is 12.6. The first-order valence-corrected chi connectivity index (χ1v) is 13.5. The number of carbonyl (C=O) groups excluding carboxylic acids is 2. The highest BCUT2D eigenvalue weighted by atomic mass is 32.1. The predicted octanol–water partition coefficient (Wildman–Crippen LogP) is 2.96. The summed E-state index contributed by atoms with van der Waals surface area (Å²) >= 11 is 1.30.